The third kappa shape index (κ3) is 8.87. The van der Waals surface area contributed by atoms with E-state index in [1.165, 1.54) is 0 Å². The summed E-state index contributed by atoms with van der Waals surface area (Å²) in [6, 6.07) is 26.6. The lowest BCUT2D eigenvalue weighted by molar-refractivity contribution is -0.0808. The van der Waals surface area contributed by atoms with Crippen LogP contribution in [0.25, 0.3) is 0 Å². The van der Waals surface area contributed by atoms with Gasteiger partial charge in [-0.25, -0.2) is 13.9 Å². The molecule has 282 valence electrons. The zero-order valence-electron chi connectivity index (χ0n) is 30.7. The van der Waals surface area contributed by atoms with Crippen molar-refractivity contribution in [3.05, 3.63) is 128 Å². The van der Waals surface area contributed by atoms with Crippen molar-refractivity contribution >= 4 is 8.53 Å². The van der Waals surface area contributed by atoms with Crippen LogP contribution in [0.1, 0.15) is 62.5 Å². The van der Waals surface area contributed by atoms with Gasteiger partial charge in [0.25, 0.3) is 14.1 Å². The van der Waals surface area contributed by atoms with Gasteiger partial charge < -0.3 is 33.0 Å². The second-order valence-corrected chi connectivity index (χ2v) is 14.4. The smallest absolute Gasteiger partial charge is 0.325 e. The van der Waals surface area contributed by atoms with Crippen molar-refractivity contribution in [1.82, 2.24) is 14.6 Å². The average molecular weight is 749 g/mol. The molecule has 4 aromatic rings. The first-order valence-corrected chi connectivity index (χ1v) is 18.5. The Labute approximate surface area is 309 Å². The molecule has 1 aromatic heterocycles. The van der Waals surface area contributed by atoms with Crippen molar-refractivity contribution in [1.29, 1.82) is 5.26 Å². The Morgan fingerprint density at radius 3 is 1.98 bits per heavy atom. The number of halogens is 1. The Kier molecular flexibility index (Phi) is 13.6. The van der Waals surface area contributed by atoms with Gasteiger partial charge in [-0.05, 0) is 68.7 Å². The predicted molar refractivity (Wildman–Crippen MR) is 199 cm³/mol. The van der Waals surface area contributed by atoms with Gasteiger partial charge in [-0.2, -0.15) is 5.26 Å². The minimum absolute atomic E-state index is 0.0630. The molecule has 12 nitrogen and oxygen atoms in total. The van der Waals surface area contributed by atoms with E-state index in [0.29, 0.717) is 11.5 Å². The molecule has 1 unspecified atom stereocenters. The molecule has 0 spiro atoms. The minimum atomic E-state index is -1.93. The lowest BCUT2D eigenvalue weighted by Gasteiger charge is -2.39. The Hall–Kier alpha value is -4.41. The summed E-state index contributed by atoms with van der Waals surface area (Å²) in [4.78, 5) is 29.4. The number of hydrogen-bond acceptors (Lipinski definition) is 10. The Bertz CT molecular complexity index is 1860. The van der Waals surface area contributed by atoms with Gasteiger partial charge in [0, 0.05) is 18.3 Å². The molecule has 0 radical (unpaired) electrons. The summed E-state index contributed by atoms with van der Waals surface area (Å²) in [5.74, 6) is 1.30. The molecular formula is C39H46FN4O8P. The molecule has 53 heavy (non-hydrogen) atoms. The van der Waals surface area contributed by atoms with E-state index in [1.54, 1.807) is 14.2 Å². The van der Waals surface area contributed by atoms with Gasteiger partial charge in [0.1, 0.15) is 35.4 Å². The summed E-state index contributed by atoms with van der Waals surface area (Å²) in [5, 5.41) is 9.25. The van der Waals surface area contributed by atoms with Gasteiger partial charge in [0.2, 0.25) is 0 Å². The molecule has 1 aliphatic heterocycles. The summed E-state index contributed by atoms with van der Waals surface area (Å²) in [5.41, 5.74) is -0.591. The molecule has 3 aromatic carbocycles. The van der Waals surface area contributed by atoms with Gasteiger partial charge in [-0.3, -0.25) is 9.78 Å². The molecule has 0 amide bonds. The average Bonchev–Trinajstić information content (AvgIpc) is 3.46. The van der Waals surface area contributed by atoms with Crippen LogP contribution in [-0.4, -0.2) is 72.5 Å². The summed E-state index contributed by atoms with van der Waals surface area (Å²) < 4.78 is 56.1. The number of hydrogen-bond donors (Lipinski definition) is 2. The number of nitrogens with one attached hydrogen (secondary N) is 2. The molecule has 0 bridgehead atoms. The summed E-state index contributed by atoms with van der Waals surface area (Å²) >= 11 is 0. The number of methoxy groups -OCH3 is 2. The highest BCUT2D eigenvalue weighted by Gasteiger charge is 2.51. The maximum absolute atomic E-state index is 16.9. The van der Waals surface area contributed by atoms with Gasteiger partial charge in [0.05, 0.1) is 45.5 Å². The molecule has 0 aliphatic carbocycles. The van der Waals surface area contributed by atoms with Gasteiger partial charge >= 0.3 is 5.69 Å². The first kappa shape index (κ1) is 39.8. The highest BCUT2D eigenvalue weighted by atomic mass is 31.2. The molecule has 14 heteroatoms. The standard InChI is InChI=1S/C39H46FN4O8P/c1-25(2)44(26(3)4)53(50-22-10-21-41)52-36-33(51-35(34(36)40)32-23-42-38(46)43-37(32)45)24-49-39(27-11-8-7-9-12-27,28-13-17-30(47-5)18-14-28)29-15-19-31(48-6)20-16-29/h7-9,11-20,23,25-26,33-36H,10,22,24H2,1-6H3,(H2,42,43,45,46)/t33-,34+,35+,36-,53?/m1/s1. The molecular weight excluding hydrogens is 702 g/mol. The van der Waals surface area contributed by atoms with Crippen molar-refractivity contribution < 1.29 is 32.4 Å². The Balaban J connectivity index is 1.62. The van der Waals surface area contributed by atoms with Gasteiger partial charge in [-0.15, -0.1) is 0 Å². The van der Waals surface area contributed by atoms with Crippen molar-refractivity contribution in [2.75, 3.05) is 27.4 Å². The number of alkyl halides is 1. The molecule has 1 fully saturated rings. The fourth-order valence-corrected chi connectivity index (χ4v) is 8.30. The van der Waals surface area contributed by atoms with E-state index in [4.69, 9.17) is 28.0 Å². The fourth-order valence-electron chi connectivity index (χ4n) is 6.53. The largest absolute Gasteiger partial charge is 0.497 e. The number of aromatic amines is 2. The van der Waals surface area contributed by atoms with Crippen LogP contribution in [-0.2, 0) is 24.1 Å². The van der Waals surface area contributed by atoms with Crippen LogP contribution < -0.4 is 20.7 Å². The molecule has 2 heterocycles. The zero-order chi connectivity index (χ0) is 38.1. The van der Waals surface area contributed by atoms with E-state index in [2.05, 4.69) is 16.0 Å². The Morgan fingerprint density at radius 1 is 0.906 bits per heavy atom. The van der Waals surface area contributed by atoms with Crippen molar-refractivity contribution in [2.45, 2.75) is 76.3 Å². The number of rotatable bonds is 17. The number of benzene rings is 3. The van der Waals surface area contributed by atoms with Crippen LogP contribution in [0.15, 0.2) is 94.6 Å². The minimum Gasteiger partial charge on any atom is -0.497 e. The number of nitrogens with zero attached hydrogens (tertiary/aromatic N) is 2. The lowest BCUT2D eigenvalue weighted by Crippen LogP contribution is -2.41. The fraction of sp³-hybridized carbons (Fsp3) is 0.410. The monoisotopic (exact) mass is 748 g/mol. The van der Waals surface area contributed by atoms with Crippen LogP contribution in [0.2, 0.25) is 0 Å². The topological polar surface area (TPSA) is 148 Å². The van der Waals surface area contributed by atoms with E-state index in [-0.39, 0.29) is 37.3 Å². The van der Waals surface area contributed by atoms with E-state index in [9.17, 15) is 14.9 Å². The number of H-pyrrole nitrogens is 2. The van der Waals surface area contributed by atoms with Crippen molar-refractivity contribution in [3.63, 3.8) is 0 Å². The number of nitriles is 1. The van der Waals surface area contributed by atoms with E-state index >= 15 is 4.39 Å². The van der Waals surface area contributed by atoms with Gasteiger partial charge in [0.15, 0.2) is 6.17 Å². The van der Waals surface area contributed by atoms with Crippen LogP contribution in [0, 0.1) is 11.3 Å². The number of ether oxygens (including phenoxy) is 4. The molecule has 2 N–H and O–H groups in total. The van der Waals surface area contributed by atoms with Crippen LogP contribution in [0.4, 0.5) is 4.39 Å². The van der Waals surface area contributed by atoms with Crippen molar-refractivity contribution in [3.8, 4) is 17.6 Å². The van der Waals surface area contributed by atoms with E-state index < -0.39 is 49.9 Å². The first-order valence-electron chi connectivity index (χ1n) is 17.4. The number of aromatic nitrogens is 2. The third-order valence-corrected chi connectivity index (χ3v) is 11.1. The highest BCUT2D eigenvalue weighted by Crippen LogP contribution is 2.51. The van der Waals surface area contributed by atoms with E-state index in [0.717, 1.165) is 22.9 Å². The Morgan fingerprint density at radius 2 is 1.47 bits per heavy atom. The SMILES string of the molecule is COc1ccc(C(OC[C@H]2O[C@@H](c3c[nH]c(=O)[nH]c3=O)[C@H](F)[C@@H]2OP(OCCC#N)N(C(C)C)C(C)C)(c2ccccc2)c2ccc(OC)cc2)cc1. The first-order chi connectivity index (χ1) is 25.5. The highest BCUT2D eigenvalue weighted by molar-refractivity contribution is 7.44. The maximum atomic E-state index is 16.9. The third-order valence-electron chi connectivity index (χ3n) is 8.96. The summed E-state index contributed by atoms with van der Waals surface area (Å²) in [7, 11) is 1.25. The molecule has 5 atom stereocenters. The molecule has 5 rings (SSSR count). The van der Waals surface area contributed by atoms with Gasteiger partial charge in [-0.1, -0.05) is 54.6 Å². The van der Waals surface area contributed by atoms with Crippen LogP contribution >= 0.6 is 8.53 Å². The lowest BCUT2D eigenvalue weighted by atomic mass is 9.80. The summed E-state index contributed by atoms with van der Waals surface area (Å²) in [6.45, 7) is 7.77. The van der Waals surface area contributed by atoms with E-state index in [1.807, 2.05) is 111 Å². The normalized spacial score (nSPS) is 19.4. The zero-order valence-corrected chi connectivity index (χ0v) is 31.5. The maximum Gasteiger partial charge on any atom is 0.325 e. The molecule has 1 saturated heterocycles. The predicted octanol–water partition coefficient (Wildman–Crippen LogP) is 6.53. The van der Waals surface area contributed by atoms with Crippen LogP contribution in [0.3, 0.4) is 0 Å². The quantitative estimate of drug-likeness (QED) is 0.0694. The van der Waals surface area contributed by atoms with Crippen molar-refractivity contribution in [2.24, 2.45) is 0 Å². The second-order valence-electron chi connectivity index (χ2n) is 13.0. The summed E-state index contributed by atoms with van der Waals surface area (Å²) in [6.07, 6.45) is -4.40. The second kappa shape index (κ2) is 18.1. The molecule has 1 aliphatic rings. The molecule has 0 saturated carbocycles. The van der Waals surface area contributed by atoms with Crippen LogP contribution in [0.5, 0.6) is 11.5 Å².